The third-order valence-corrected chi connectivity index (χ3v) is 6.23. The summed E-state index contributed by atoms with van der Waals surface area (Å²) in [5.74, 6) is 0.988. The zero-order valence-electron chi connectivity index (χ0n) is 18.9. The van der Waals surface area contributed by atoms with Crippen molar-refractivity contribution in [3.63, 3.8) is 0 Å². The summed E-state index contributed by atoms with van der Waals surface area (Å²) in [5.41, 5.74) is 4.22. The number of halogens is 2. The number of aryl methyl sites for hydroxylation is 1. The van der Waals surface area contributed by atoms with Gasteiger partial charge in [-0.15, -0.1) is 0 Å². The van der Waals surface area contributed by atoms with E-state index in [0.29, 0.717) is 17.4 Å². The SMILES string of the molecule is CC.CCN1CCC(Cc2cc3c(Nc4ccc(F)c(Cl)c4)ncnc3cc2C)CC1. The Balaban J connectivity index is 0.00000132. The second-order valence-electron chi connectivity index (χ2n) is 7.85. The van der Waals surface area contributed by atoms with Crippen molar-refractivity contribution in [1.82, 2.24) is 14.9 Å². The molecule has 6 heteroatoms. The maximum absolute atomic E-state index is 13.5. The monoisotopic (exact) mass is 442 g/mol. The van der Waals surface area contributed by atoms with Crippen molar-refractivity contribution in [2.24, 2.45) is 5.92 Å². The van der Waals surface area contributed by atoms with Crippen LogP contribution in [0.15, 0.2) is 36.7 Å². The van der Waals surface area contributed by atoms with Crippen LogP contribution in [0, 0.1) is 18.7 Å². The van der Waals surface area contributed by atoms with E-state index in [1.165, 1.54) is 43.1 Å². The second-order valence-corrected chi connectivity index (χ2v) is 8.26. The van der Waals surface area contributed by atoms with Crippen molar-refractivity contribution in [3.8, 4) is 0 Å². The van der Waals surface area contributed by atoms with Crippen LogP contribution < -0.4 is 5.32 Å². The van der Waals surface area contributed by atoms with E-state index in [0.717, 1.165) is 23.9 Å². The molecule has 1 aliphatic heterocycles. The molecule has 2 aromatic carbocycles. The molecule has 0 unspecified atom stereocenters. The van der Waals surface area contributed by atoms with Gasteiger partial charge in [0, 0.05) is 11.1 Å². The molecule has 0 amide bonds. The van der Waals surface area contributed by atoms with Crippen LogP contribution in [-0.4, -0.2) is 34.5 Å². The highest BCUT2D eigenvalue weighted by molar-refractivity contribution is 6.31. The summed E-state index contributed by atoms with van der Waals surface area (Å²) >= 11 is 5.92. The van der Waals surface area contributed by atoms with E-state index in [1.807, 2.05) is 13.8 Å². The molecule has 0 bridgehead atoms. The fourth-order valence-electron chi connectivity index (χ4n) is 4.10. The average molecular weight is 443 g/mol. The lowest BCUT2D eigenvalue weighted by Gasteiger charge is -2.31. The van der Waals surface area contributed by atoms with Crippen molar-refractivity contribution in [2.45, 2.75) is 47.0 Å². The highest BCUT2D eigenvalue weighted by atomic mass is 35.5. The quantitative estimate of drug-likeness (QED) is 0.473. The van der Waals surface area contributed by atoms with Crippen LogP contribution in [0.25, 0.3) is 10.9 Å². The van der Waals surface area contributed by atoms with Crippen molar-refractivity contribution in [1.29, 1.82) is 0 Å². The molecule has 31 heavy (non-hydrogen) atoms. The number of anilines is 2. The number of aromatic nitrogens is 2. The van der Waals surface area contributed by atoms with Gasteiger partial charge in [-0.1, -0.05) is 32.4 Å². The minimum absolute atomic E-state index is 0.0864. The summed E-state index contributed by atoms with van der Waals surface area (Å²) in [6.07, 6.45) is 5.12. The summed E-state index contributed by atoms with van der Waals surface area (Å²) in [5, 5.41) is 4.33. The lowest BCUT2D eigenvalue weighted by atomic mass is 9.88. The first-order valence-corrected chi connectivity index (χ1v) is 11.6. The summed E-state index contributed by atoms with van der Waals surface area (Å²) in [6.45, 7) is 11.9. The largest absolute Gasteiger partial charge is 0.340 e. The van der Waals surface area contributed by atoms with E-state index in [4.69, 9.17) is 11.6 Å². The van der Waals surface area contributed by atoms with Crippen LogP contribution in [0.1, 0.15) is 44.7 Å². The molecule has 4 nitrogen and oxygen atoms in total. The van der Waals surface area contributed by atoms with Gasteiger partial charge in [0.1, 0.15) is 18.0 Å². The molecule has 2 heterocycles. The van der Waals surface area contributed by atoms with Crippen molar-refractivity contribution < 1.29 is 4.39 Å². The molecule has 4 rings (SSSR count). The average Bonchev–Trinajstić information content (AvgIpc) is 2.79. The van der Waals surface area contributed by atoms with Gasteiger partial charge in [0.2, 0.25) is 0 Å². The molecule has 0 atom stereocenters. The Morgan fingerprint density at radius 2 is 1.87 bits per heavy atom. The van der Waals surface area contributed by atoms with E-state index in [9.17, 15) is 4.39 Å². The number of likely N-dealkylation sites (tertiary alicyclic amines) is 1. The Labute approximate surface area is 189 Å². The molecule has 3 aromatic rings. The number of nitrogens with one attached hydrogen (secondary N) is 1. The van der Waals surface area contributed by atoms with Gasteiger partial charge >= 0.3 is 0 Å². The van der Waals surface area contributed by atoms with Gasteiger partial charge in [-0.2, -0.15) is 0 Å². The van der Waals surface area contributed by atoms with Gasteiger partial charge in [0.15, 0.2) is 0 Å². The van der Waals surface area contributed by atoms with Crippen molar-refractivity contribution in [2.75, 3.05) is 25.0 Å². The van der Waals surface area contributed by atoms with Gasteiger partial charge in [0.25, 0.3) is 0 Å². The smallest absolute Gasteiger partial charge is 0.141 e. The molecule has 0 radical (unpaired) electrons. The fourth-order valence-corrected chi connectivity index (χ4v) is 4.28. The molecule has 1 aromatic heterocycles. The van der Waals surface area contributed by atoms with E-state index in [-0.39, 0.29) is 5.02 Å². The van der Waals surface area contributed by atoms with Gasteiger partial charge in [-0.05, 0) is 93.2 Å². The van der Waals surface area contributed by atoms with Crippen LogP contribution in [0.4, 0.5) is 15.9 Å². The zero-order chi connectivity index (χ0) is 22.4. The second kappa shape index (κ2) is 10.9. The molecule has 1 fully saturated rings. The molecule has 0 aliphatic carbocycles. The molecule has 0 saturated carbocycles. The standard InChI is InChI=1S/C23H26ClFN4.C2H6/c1-3-29-8-6-16(7-9-29)11-17-12-19-22(10-15(17)2)26-14-27-23(19)28-18-4-5-21(25)20(24)13-18;1-2/h4-5,10,12-14,16H,3,6-9,11H2,1-2H3,(H,26,27,28);1-2H3. The minimum atomic E-state index is -0.434. The Bertz CT molecular complexity index is 1020. The van der Waals surface area contributed by atoms with Gasteiger partial charge in [0.05, 0.1) is 10.5 Å². The Morgan fingerprint density at radius 1 is 1.13 bits per heavy atom. The van der Waals surface area contributed by atoms with Crippen LogP contribution in [0.2, 0.25) is 5.02 Å². The number of hydrogen-bond acceptors (Lipinski definition) is 4. The lowest BCUT2D eigenvalue weighted by Crippen LogP contribution is -2.34. The summed E-state index contributed by atoms with van der Waals surface area (Å²) in [4.78, 5) is 11.4. The van der Waals surface area contributed by atoms with Crippen LogP contribution in [-0.2, 0) is 6.42 Å². The van der Waals surface area contributed by atoms with Crippen molar-refractivity contribution >= 4 is 34.0 Å². The summed E-state index contributed by atoms with van der Waals surface area (Å²) in [7, 11) is 0. The van der Waals surface area contributed by atoms with Gasteiger partial charge in [-0.3, -0.25) is 0 Å². The summed E-state index contributed by atoms with van der Waals surface area (Å²) in [6, 6.07) is 8.93. The first-order valence-electron chi connectivity index (χ1n) is 11.2. The number of fused-ring (bicyclic) bond motifs is 1. The highest BCUT2D eigenvalue weighted by Crippen LogP contribution is 2.30. The van der Waals surface area contributed by atoms with E-state index in [1.54, 1.807) is 18.5 Å². The van der Waals surface area contributed by atoms with Gasteiger partial charge in [-0.25, -0.2) is 14.4 Å². The van der Waals surface area contributed by atoms with E-state index < -0.39 is 5.82 Å². The predicted molar refractivity (Wildman–Crippen MR) is 129 cm³/mol. The van der Waals surface area contributed by atoms with Crippen molar-refractivity contribution in [3.05, 3.63) is 58.6 Å². The molecular formula is C25H32ClFN4. The normalized spacial score (nSPS) is 14.9. The fraction of sp³-hybridized carbons (Fsp3) is 0.440. The maximum atomic E-state index is 13.5. The predicted octanol–water partition coefficient (Wildman–Crippen LogP) is 6.77. The van der Waals surface area contributed by atoms with E-state index >= 15 is 0 Å². The number of benzene rings is 2. The lowest BCUT2D eigenvalue weighted by molar-refractivity contribution is 0.192. The Kier molecular flexibility index (Phi) is 8.22. The number of rotatable bonds is 5. The molecular weight excluding hydrogens is 411 g/mol. The number of piperidine rings is 1. The van der Waals surface area contributed by atoms with Crippen LogP contribution in [0.3, 0.4) is 0 Å². The third kappa shape index (κ3) is 5.72. The molecule has 0 spiro atoms. The Morgan fingerprint density at radius 3 is 2.55 bits per heavy atom. The summed E-state index contributed by atoms with van der Waals surface area (Å²) < 4.78 is 13.5. The maximum Gasteiger partial charge on any atom is 0.141 e. The Hall–Kier alpha value is -2.24. The first kappa shape index (κ1) is 23.4. The molecule has 1 saturated heterocycles. The third-order valence-electron chi connectivity index (χ3n) is 5.94. The molecule has 166 valence electrons. The van der Waals surface area contributed by atoms with Gasteiger partial charge < -0.3 is 10.2 Å². The zero-order valence-corrected chi connectivity index (χ0v) is 19.6. The number of nitrogens with zero attached hydrogens (tertiary/aromatic N) is 3. The molecule has 1 aliphatic rings. The number of hydrogen-bond donors (Lipinski definition) is 1. The van der Waals surface area contributed by atoms with Crippen LogP contribution >= 0.6 is 11.6 Å². The topological polar surface area (TPSA) is 41.0 Å². The minimum Gasteiger partial charge on any atom is -0.340 e. The molecule has 1 N–H and O–H groups in total. The highest BCUT2D eigenvalue weighted by Gasteiger charge is 2.19. The van der Waals surface area contributed by atoms with E-state index in [2.05, 4.69) is 46.2 Å². The first-order chi connectivity index (χ1) is 15.0. The van der Waals surface area contributed by atoms with Crippen LogP contribution in [0.5, 0.6) is 0 Å².